The first-order chi connectivity index (χ1) is 12.1. The highest BCUT2D eigenvalue weighted by molar-refractivity contribution is 7.13. The van der Waals surface area contributed by atoms with E-state index in [1.165, 1.54) is 4.90 Å². The molecule has 2 amide bonds. The minimum Gasteiger partial charge on any atom is -0.345 e. The second kappa shape index (κ2) is 6.33. The van der Waals surface area contributed by atoms with Gasteiger partial charge in [0.05, 0.1) is 0 Å². The number of carbonyl (C=O) groups excluding carboxylic acids is 2. The van der Waals surface area contributed by atoms with Crippen LogP contribution in [0.3, 0.4) is 0 Å². The van der Waals surface area contributed by atoms with E-state index in [4.69, 9.17) is 0 Å². The lowest BCUT2D eigenvalue weighted by molar-refractivity contribution is -0.131. The predicted molar refractivity (Wildman–Crippen MR) is 97.4 cm³/mol. The van der Waals surface area contributed by atoms with Crippen molar-refractivity contribution in [3.8, 4) is 0 Å². The molecule has 4 rings (SSSR count). The summed E-state index contributed by atoms with van der Waals surface area (Å²) in [6.45, 7) is 6.83. The minimum absolute atomic E-state index is 0.0407. The van der Waals surface area contributed by atoms with Crippen molar-refractivity contribution in [3.63, 3.8) is 0 Å². The summed E-state index contributed by atoms with van der Waals surface area (Å²) in [6, 6.07) is 7.35. The molecule has 0 unspecified atom stereocenters. The fraction of sp³-hybridized carbons (Fsp3) is 0.278. The van der Waals surface area contributed by atoms with Gasteiger partial charge in [0.25, 0.3) is 5.91 Å². The molecule has 25 heavy (non-hydrogen) atoms. The van der Waals surface area contributed by atoms with Crippen LogP contribution < -0.4 is 4.90 Å². The number of aromatic nitrogens is 1. The van der Waals surface area contributed by atoms with Crippen molar-refractivity contribution in [1.82, 2.24) is 14.8 Å². The highest BCUT2D eigenvalue weighted by Gasteiger charge is 2.33. The Kier molecular flexibility index (Phi) is 4.01. The van der Waals surface area contributed by atoms with Crippen LogP contribution in [0.25, 0.3) is 5.70 Å². The molecule has 1 saturated heterocycles. The lowest BCUT2D eigenvalue weighted by Gasteiger charge is -2.35. The van der Waals surface area contributed by atoms with E-state index in [0.717, 1.165) is 23.8 Å². The number of thiazole rings is 1. The molecular formula is C18H18N4O2S. The van der Waals surface area contributed by atoms with E-state index in [-0.39, 0.29) is 18.4 Å². The molecule has 6 nitrogen and oxygen atoms in total. The zero-order valence-corrected chi connectivity index (χ0v) is 14.5. The van der Waals surface area contributed by atoms with Gasteiger partial charge in [0, 0.05) is 54.6 Å². The normalized spacial score (nSPS) is 17.2. The van der Waals surface area contributed by atoms with Gasteiger partial charge >= 0.3 is 0 Å². The Labute approximate surface area is 150 Å². The third-order valence-corrected chi connectivity index (χ3v) is 5.49. The third-order valence-electron chi connectivity index (χ3n) is 4.65. The van der Waals surface area contributed by atoms with Crippen LogP contribution in [0, 0.1) is 0 Å². The molecule has 0 aliphatic carbocycles. The Morgan fingerprint density at radius 3 is 2.52 bits per heavy atom. The summed E-state index contributed by atoms with van der Waals surface area (Å²) in [5, 5.41) is 2.94. The van der Waals surface area contributed by atoms with E-state index < -0.39 is 0 Å². The monoisotopic (exact) mass is 354 g/mol. The van der Waals surface area contributed by atoms with Crippen LogP contribution in [-0.2, 0) is 4.79 Å². The Hall–Kier alpha value is -2.67. The van der Waals surface area contributed by atoms with Gasteiger partial charge in [0.1, 0.15) is 6.54 Å². The van der Waals surface area contributed by atoms with Gasteiger partial charge in [-0.25, -0.2) is 4.98 Å². The van der Waals surface area contributed by atoms with Crippen molar-refractivity contribution >= 4 is 34.0 Å². The fourth-order valence-corrected chi connectivity index (χ4v) is 3.95. The number of rotatable bonds is 3. The zero-order valence-electron chi connectivity index (χ0n) is 13.7. The average molecular weight is 354 g/mol. The second-order valence-corrected chi connectivity index (χ2v) is 6.94. The van der Waals surface area contributed by atoms with Gasteiger partial charge in [0.15, 0.2) is 5.13 Å². The van der Waals surface area contributed by atoms with Crippen molar-refractivity contribution in [3.05, 3.63) is 53.5 Å². The van der Waals surface area contributed by atoms with Crippen LogP contribution in [-0.4, -0.2) is 59.3 Å². The zero-order chi connectivity index (χ0) is 17.4. The Morgan fingerprint density at radius 1 is 1.16 bits per heavy atom. The summed E-state index contributed by atoms with van der Waals surface area (Å²) in [6.07, 6.45) is 1.79. The number of piperazine rings is 1. The molecule has 0 bridgehead atoms. The van der Waals surface area contributed by atoms with Crippen LogP contribution in [0.15, 0.2) is 42.4 Å². The molecule has 7 heteroatoms. The quantitative estimate of drug-likeness (QED) is 0.845. The van der Waals surface area contributed by atoms with Crippen LogP contribution >= 0.6 is 11.3 Å². The molecular weight excluding hydrogens is 336 g/mol. The highest BCUT2D eigenvalue weighted by Crippen LogP contribution is 2.31. The van der Waals surface area contributed by atoms with Gasteiger partial charge in [-0.05, 0) is 6.07 Å². The Balaban J connectivity index is 1.39. The molecule has 3 heterocycles. The second-order valence-electron chi connectivity index (χ2n) is 6.07. The smallest absolute Gasteiger partial charge is 0.259 e. The van der Waals surface area contributed by atoms with Crippen LogP contribution in [0.5, 0.6) is 0 Å². The first-order valence-electron chi connectivity index (χ1n) is 8.17. The molecule has 2 aliphatic heterocycles. The molecule has 0 saturated carbocycles. The summed E-state index contributed by atoms with van der Waals surface area (Å²) in [7, 11) is 0. The summed E-state index contributed by atoms with van der Waals surface area (Å²) >= 11 is 1.61. The number of benzene rings is 1. The number of hydrogen-bond acceptors (Lipinski definition) is 5. The topological polar surface area (TPSA) is 56.8 Å². The Bertz CT molecular complexity index is 790. The summed E-state index contributed by atoms with van der Waals surface area (Å²) < 4.78 is 0. The molecule has 0 N–H and O–H groups in total. The number of hydrogen-bond donors (Lipinski definition) is 0. The largest absolute Gasteiger partial charge is 0.345 e. The SMILES string of the molecule is C=C1c2ccccc2C(=O)N1CC(=O)N1CCN(c2nccs2)CC1. The molecule has 1 aromatic heterocycles. The molecule has 1 fully saturated rings. The van der Waals surface area contributed by atoms with E-state index in [2.05, 4.69) is 16.5 Å². The van der Waals surface area contributed by atoms with E-state index >= 15 is 0 Å². The molecule has 2 aliphatic rings. The Morgan fingerprint density at radius 2 is 1.88 bits per heavy atom. The van der Waals surface area contributed by atoms with Crippen molar-refractivity contribution < 1.29 is 9.59 Å². The van der Waals surface area contributed by atoms with Gasteiger partial charge in [-0.15, -0.1) is 11.3 Å². The molecule has 128 valence electrons. The third kappa shape index (κ3) is 2.80. The lowest BCUT2D eigenvalue weighted by atomic mass is 10.1. The van der Waals surface area contributed by atoms with E-state index in [0.29, 0.717) is 24.4 Å². The van der Waals surface area contributed by atoms with Crippen LogP contribution in [0.2, 0.25) is 0 Å². The molecule has 2 aromatic rings. The van der Waals surface area contributed by atoms with Crippen molar-refractivity contribution in [1.29, 1.82) is 0 Å². The molecule has 0 spiro atoms. The van der Waals surface area contributed by atoms with Crippen LogP contribution in [0.4, 0.5) is 5.13 Å². The van der Waals surface area contributed by atoms with Gasteiger partial charge in [-0.2, -0.15) is 0 Å². The van der Waals surface area contributed by atoms with Gasteiger partial charge in [-0.3, -0.25) is 14.5 Å². The highest BCUT2D eigenvalue weighted by atomic mass is 32.1. The summed E-state index contributed by atoms with van der Waals surface area (Å²) in [5.41, 5.74) is 2.04. The lowest BCUT2D eigenvalue weighted by Crippen LogP contribution is -2.51. The van der Waals surface area contributed by atoms with Crippen LogP contribution in [0.1, 0.15) is 15.9 Å². The van der Waals surface area contributed by atoms with Gasteiger partial charge in [-0.1, -0.05) is 24.8 Å². The summed E-state index contributed by atoms with van der Waals surface area (Å²) in [5.74, 6) is -0.184. The molecule has 0 atom stereocenters. The van der Waals surface area contributed by atoms with Crippen molar-refractivity contribution in [2.24, 2.45) is 0 Å². The molecule has 0 radical (unpaired) electrons. The number of nitrogens with zero attached hydrogens (tertiary/aromatic N) is 4. The minimum atomic E-state index is -0.143. The first kappa shape index (κ1) is 15.8. The number of anilines is 1. The number of carbonyl (C=O) groups is 2. The van der Waals surface area contributed by atoms with E-state index in [1.54, 1.807) is 23.6 Å². The summed E-state index contributed by atoms with van der Waals surface area (Å²) in [4.78, 5) is 35.0. The average Bonchev–Trinajstić information content (AvgIpc) is 3.26. The van der Waals surface area contributed by atoms with Gasteiger partial charge in [0.2, 0.25) is 5.91 Å². The van der Waals surface area contributed by atoms with E-state index in [1.807, 2.05) is 28.5 Å². The fourth-order valence-electron chi connectivity index (χ4n) is 3.26. The standard InChI is InChI=1S/C18H18N4O2S/c1-13-14-4-2-3-5-15(14)17(24)22(13)12-16(23)20-7-9-21(10-8-20)18-19-6-11-25-18/h2-6,11H,1,7-10,12H2. The first-order valence-corrected chi connectivity index (χ1v) is 9.05. The van der Waals surface area contributed by atoms with Crippen molar-refractivity contribution in [2.75, 3.05) is 37.6 Å². The number of amides is 2. The maximum absolute atomic E-state index is 12.6. The number of fused-ring (bicyclic) bond motifs is 1. The molecule has 1 aromatic carbocycles. The maximum atomic E-state index is 12.6. The van der Waals surface area contributed by atoms with E-state index in [9.17, 15) is 9.59 Å². The van der Waals surface area contributed by atoms with Gasteiger partial charge < -0.3 is 9.80 Å². The van der Waals surface area contributed by atoms with Crippen molar-refractivity contribution in [2.45, 2.75) is 0 Å². The predicted octanol–water partition coefficient (Wildman–Crippen LogP) is 1.92. The maximum Gasteiger partial charge on any atom is 0.259 e.